The van der Waals surface area contributed by atoms with Crippen molar-refractivity contribution >= 4 is 0 Å². The van der Waals surface area contributed by atoms with Gasteiger partial charge in [-0.05, 0) is 66.2 Å². The first-order chi connectivity index (χ1) is 12.7. The number of hydrogen-bond donors (Lipinski definition) is 0. The van der Waals surface area contributed by atoms with E-state index in [-0.39, 0.29) is 11.6 Å². The molecule has 4 aromatic rings. The molecule has 2 nitrogen and oxygen atoms in total. The topological polar surface area (TPSA) is 24.2 Å². The molecule has 0 aliphatic heterocycles. The monoisotopic (exact) mass is 346 g/mol. The van der Waals surface area contributed by atoms with Crippen LogP contribution in [0.2, 0.25) is 0 Å². The van der Waals surface area contributed by atoms with Crippen LogP contribution in [0.4, 0.5) is 8.78 Å². The Kier molecular flexibility index (Phi) is 4.23. The zero-order chi connectivity index (χ0) is 17.9. The van der Waals surface area contributed by atoms with E-state index in [1.807, 2.05) is 24.3 Å². The molecule has 26 heavy (non-hydrogen) atoms. The third-order valence-corrected chi connectivity index (χ3v) is 4.06. The van der Waals surface area contributed by atoms with E-state index in [1.54, 1.807) is 36.7 Å². The normalized spacial score (nSPS) is 10.7. The van der Waals surface area contributed by atoms with Crippen molar-refractivity contribution in [2.75, 3.05) is 0 Å². The molecule has 4 heteroatoms. The van der Waals surface area contributed by atoms with E-state index in [0.29, 0.717) is 11.5 Å². The van der Waals surface area contributed by atoms with Crippen molar-refractivity contribution in [2.45, 2.75) is 0 Å². The third-order valence-electron chi connectivity index (χ3n) is 4.06. The second-order valence-corrected chi connectivity index (χ2v) is 5.82. The van der Waals surface area contributed by atoms with Crippen LogP contribution in [0.25, 0.3) is 33.8 Å². The zero-order valence-electron chi connectivity index (χ0n) is 13.7. The molecule has 0 radical (unpaired) electrons. The lowest BCUT2D eigenvalue weighted by Gasteiger charge is -2.02. The Morgan fingerprint density at radius 1 is 0.538 bits per heavy atom. The van der Waals surface area contributed by atoms with E-state index in [1.165, 1.54) is 24.3 Å². The van der Waals surface area contributed by atoms with Gasteiger partial charge in [0.05, 0.1) is 23.3 Å². The van der Waals surface area contributed by atoms with Crippen LogP contribution in [0.5, 0.6) is 0 Å². The van der Waals surface area contributed by atoms with Crippen LogP contribution in [0, 0.1) is 11.6 Å². The lowest BCUT2D eigenvalue weighted by molar-refractivity contribution is 0.581. The first kappa shape index (κ1) is 16.1. The lowest BCUT2D eigenvalue weighted by atomic mass is 10.0. The highest BCUT2D eigenvalue weighted by atomic mass is 19.1. The zero-order valence-corrected chi connectivity index (χ0v) is 13.7. The summed E-state index contributed by atoms with van der Waals surface area (Å²) in [5, 5.41) is 0. The lowest BCUT2D eigenvalue weighted by Crippen LogP contribution is -1.87. The van der Waals surface area contributed by atoms with Crippen molar-refractivity contribution < 1.29 is 13.2 Å². The van der Waals surface area contributed by atoms with Gasteiger partial charge in [-0.25, -0.2) is 13.2 Å². The third kappa shape index (κ3) is 3.35. The molecule has 0 saturated carbocycles. The summed E-state index contributed by atoms with van der Waals surface area (Å²) < 4.78 is 32.5. The second-order valence-electron chi connectivity index (χ2n) is 5.82. The van der Waals surface area contributed by atoms with E-state index < -0.39 is 0 Å². The maximum atomic E-state index is 13.3. The molecule has 0 spiro atoms. The van der Waals surface area contributed by atoms with Gasteiger partial charge >= 0.3 is 11.5 Å². The van der Waals surface area contributed by atoms with E-state index >= 15 is 0 Å². The molecule has 0 aliphatic rings. The first-order valence-electron chi connectivity index (χ1n) is 8.09. The fraction of sp³-hybridized carbons (Fsp3) is 0. The molecule has 0 unspecified atom stereocenters. The quantitative estimate of drug-likeness (QED) is 0.410. The number of aromatic nitrogens is 1. The van der Waals surface area contributed by atoms with Gasteiger partial charge in [0.1, 0.15) is 11.6 Å². The predicted octanol–water partition coefficient (Wildman–Crippen LogP) is 6.23. The smallest absolute Gasteiger partial charge is 0.265 e. The molecule has 126 valence electrons. The molecule has 0 aliphatic carbocycles. The van der Waals surface area contributed by atoms with Crippen LogP contribution in [0.15, 0.2) is 89.6 Å². The Morgan fingerprint density at radius 3 is 1.46 bits per heavy atom. The summed E-state index contributed by atoms with van der Waals surface area (Å²) in [4.78, 5) is 4.04. The molecule has 2 aromatic carbocycles. The number of halogens is 2. The average Bonchev–Trinajstić information content (AvgIpc) is 2.69. The van der Waals surface area contributed by atoms with Gasteiger partial charge in [0.15, 0.2) is 0 Å². The number of benzene rings is 2. The van der Waals surface area contributed by atoms with Crippen LogP contribution in [0.3, 0.4) is 0 Å². The summed E-state index contributed by atoms with van der Waals surface area (Å²) in [5.41, 5.74) is 3.41. The Labute approximate surface area is 149 Å². The number of pyridine rings is 1. The van der Waals surface area contributed by atoms with Gasteiger partial charge in [-0.3, -0.25) is 4.98 Å². The summed E-state index contributed by atoms with van der Waals surface area (Å²) in [6, 6.07) is 19.8. The van der Waals surface area contributed by atoms with Gasteiger partial charge in [0, 0.05) is 18.0 Å². The minimum absolute atomic E-state index is 0.308. The SMILES string of the molecule is Fc1ccc(-c2cc(-c3ccncc3)cc(-c3ccc(F)cc3)[o+]2)cc1. The Hall–Kier alpha value is -3.40. The van der Waals surface area contributed by atoms with Gasteiger partial charge < -0.3 is 0 Å². The number of hydrogen-bond acceptors (Lipinski definition) is 1. The molecule has 4 rings (SSSR count). The van der Waals surface area contributed by atoms with Crippen molar-refractivity contribution in [3.63, 3.8) is 0 Å². The van der Waals surface area contributed by atoms with Crippen LogP contribution in [-0.4, -0.2) is 4.98 Å². The average molecular weight is 346 g/mol. The van der Waals surface area contributed by atoms with E-state index in [4.69, 9.17) is 4.42 Å². The van der Waals surface area contributed by atoms with Gasteiger partial charge in [-0.1, -0.05) is 0 Å². The summed E-state index contributed by atoms with van der Waals surface area (Å²) in [6.07, 6.45) is 3.43. The predicted molar refractivity (Wildman–Crippen MR) is 97.1 cm³/mol. The van der Waals surface area contributed by atoms with Crippen molar-refractivity contribution in [1.82, 2.24) is 4.98 Å². The molecule has 0 fully saturated rings. The highest BCUT2D eigenvalue weighted by Crippen LogP contribution is 2.32. The molecule has 2 heterocycles. The Balaban J connectivity index is 1.89. The molecule has 0 amide bonds. The molecule has 0 atom stereocenters. The first-order valence-corrected chi connectivity index (χ1v) is 8.09. The maximum Gasteiger partial charge on any atom is 0.361 e. The molecule has 0 bridgehead atoms. The summed E-state index contributed by atoms with van der Waals surface area (Å²) in [7, 11) is 0. The second kappa shape index (κ2) is 6.84. The van der Waals surface area contributed by atoms with E-state index in [9.17, 15) is 8.78 Å². The highest BCUT2D eigenvalue weighted by Gasteiger charge is 2.20. The standard InChI is InChI=1S/C22H14F2NO/c23-19-5-1-16(2-6-19)21-13-18(15-9-11-25-12-10-15)14-22(26-21)17-3-7-20(24)8-4-17/h1-14H/q+1. The maximum absolute atomic E-state index is 13.3. The highest BCUT2D eigenvalue weighted by molar-refractivity contribution is 5.74. The van der Waals surface area contributed by atoms with E-state index in [2.05, 4.69) is 4.98 Å². The molecule has 0 N–H and O–H groups in total. The fourth-order valence-electron chi connectivity index (χ4n) is 2.73. The minimum Gasteiger partial charge on any atom is -0.265 e. The van der Waals surface area contributed by atoms with Gasteiger partial charge in [-0.15, -0.1) is 0 Å². The summed E-state index contributed by atoms with van der Waals surface area (Å²) in [6.45, 7) is 0. The molecular weight excluding hydrogens is 332 g/mol. The fourth-order valence-corrected chi connectivity index (χ4v) is 2.73. The minimum atomic E-state index is -0.308. The number of rotatable bonds is 3. The van der Waals surface area contributed by atoms with Crippen molar-refractivity contribution in [1.29, 1.82) is 0 Å². The van der Waals surface area contributed by atoms with Gasteiger partial charge in [-0.2, -0.15) is 0 Å². The van der Waals surface area contributed by atoms with Crippen molar-refractivity contribution in [2.24, 2.45) is 0 Å². The molecule has 0 saturated heterocycles. The summed E-state index contributed by atoms with van der Waals surface area (Å²) in [5.74, 6) is 0.577. The van der Waals surface area contributed by atoms with Crippen LogP contribution < -0.4 is 0 Å². The Morgan fingerprint density at radius 2 is 1.00 bits per heavy atom. The van der Waals surface area contributed by atoms with Crippen LogP contribution in [-0.2, 0) is 0 Å². The Bertz CT molecular complexity index is 966. The molecular formula is C22H14F2NO+. The van der Waals surface area contributed by atoms with Gasteiger partial charge in [0.25, 0.3) is 0 Å². The molecule has 2 aromatic heterocycles. The van der Waals surface area contributed by atoms with Gasteiger partial charge in [0.2, 0.25) is 0 Å². The van der Waals surface area contributed by atoms with Crippen molar-refractivity contribution in [3.05, 3.63) is 96.8 Å². The van der Waals surface area contributed by atoms with Crippen molar-refractivity contribution in [3.8, 4) is 33.8 Å². The largest absolute Gasteiger partial charge is 0.361 e. The summed E-state index contributed by atoms with van der Waals surface area (Å²) >= 11 is 0. The van der Waals surface area contributed by atoms with E-state index in [0.717, 1.165) is 22.3 Å². The number of nitrogens with zero attached hydrogens (tertiary/aromatic N) is 1. The van der Waals surface area contributed by atoms with Crippen LogP contribution >= 0.6 is 0 Å². The van der Waals surface area contributed by atoms with Crippen LogP contribution in [0.1, 0.15) is 0 Å².